The van der Waals surface area contributed by atoms with E-state index in [4.69, 9.17) is 0 Å². The Bertz CT molecular complexity index is 875. The smallest absolute Gasteiger partial charge is 0.333 e. The molecule has 6 nitrogen and oxygen atoms in total. The second-order valence-corrected chi connectivity index (χ2v) is 8.50. The Morgan fingerprint density at radius 2 is 1.68 bits per heavy atom. The van der Waals surface area contributed by atoms with Crippen LogP contribution in [-0.2, 0) is 9.59 Å². The number of hydrogen-bond acceptors (Lipinski definition) is 4. The summed E-state index contributed by atoms with van der Waals surface area (Å²) in [7, 11) is 2.79. The third kappa shape index (κ3) is 3.01. The lowest BCUT2D eigenvalue weighted by Crippen LogP contribution is -2.52. The van der Waals surface area contributed by atoms with Gasteiger partial charge in [0.1, 0.15) is 5.57 Å². The van der Waals surface area contributed by atoms with Crippen LogP contribution in [0.15, 0.2) is 17.7 Å². The highest BCUT2D eigenvalue weighted by molar-refractivity contribution is 6.30. The minimum Gasteiger partial charge on any atom is -0.366 e. The van der Waals surface area contributed by atoms with Crippen molar-refractivity contribution in [3.05, 3.63) is 34.4 Å². The van der Waals surface area contributed by atoms with Gasteiger partial charge < -0.3 is 4.90 Å². The highest BCUT2D eigenvalue weighted by Crippen LogP contribution is 2.44. The summed E-state index contributed by atoms with van der Waals surface area (Å²) in [6, 6.07) is 3.64. The molecule has 150 valence electrons. The van der Waals surface area contributed by atoms with Crippen LogP contribution < -0.4 is 4.90 Å². The van der Waals surface area contributed by atoms with E-state index >= 15 is 0 Å². The highest BCUT2D eigenvalue weighted by atomic mass is 16.2. The largest absolute Gasteiger partial charge is 0.366 e. The summed E-state index contributed by atoms with van der Waals surface area (Å²) in [6.45, 7) is 11.8. The monoisotopic (exact) mass is 383 g/mol. The van der Waals surface area contributed by atoms with E-state index in [-0.39, 0.29) is 11.1 Å². The highest BCUT2D eigenvalue weighted by Gasteiger charge is 2.39. The van der Waals surface area contributed by atoms with Crippen LogP contribution in [0.5, 0.6) is 0 Å². The second kappa shape index (κ2) is 6.76. The molecule has 2 aliphatic rings. The minimum atomic E-state index is -0.608. The van der Waals surface area contributed by atoms with E-state index in [0.717, 1.165) is 33.9 Å². The number of barbiturate groups is 1. The van der Waals surface area contributed by atoms with Crippen molar-refractivity contribution in [1.82, 2.24) is 9.80 Å². The first kappa shape index (κ1) is 20.1. The second-order valence-electron chi connectivity index (χ2n) is 8.50. The van der Waals surface area contributed by atoms with Gasteiger partial charge in [0, 0.05) is 31.9 Å². The quantitative estimate of drug-likeness (QED) is 0.579. The number of likely N-dealkylation sites (N-methyl/N-ethyl adjacent to an activating group) is 2. The molecule has 1 saturated heterocycles. The molecule has 0 radical (unpaired) electrons. The van der Waals surface area contributed by atoms with E-state index < -0.39 is 17.8 Å². The topological polar surface area (TPSA) is 60.9 Å². The zero-order valence-corrected chi connectivity index (χ0v) is 17.8. The molecule has 28 heavy (non-hydrogen) atoms. The van der Waals surface area contributed by atoms with Crippen LogP contribution in [-0.4, -0.2) is 53.8 Å². The summed E-state index contributed by atoms with van der Waals surface area (Å²) in [4.78, 5) is 41.4. The Morgan fingerprint density at radius 3 is 2.21 bits per heavy atom. The molecule has 1 aromatic carbocycles. The number of amides is 4. The summed E-state index contributed by atoms with van der Waals surface area (Å²) in [5, 5.41) is 0. The van der Waals surface area contributed by atoms with E-state index in [9.17, 15) is 14.4 Å². The fourth-order valence-electron chi connectivity index (χ4n) is 4.54. The van der Waals surface area contributed by atoms with Gasteiger partial charge in [-0.25, -0.2) is 4.79 Å². The molecule has 0 saturated carbocycles. The van der Waals surface area contributed by atoms with Crippen LogP contribution in [0.2, 0.25) is 0 Å². The summed E-state index contributed by atoms with van der Waals surface area (Å²) in [5.41, 5.74) is 4.38. The van der Waals surface area contributed by atoms with Crippen LogP contribution in [0, 0.1) is 6.92 Å². The maximum absolute atomic E-state index is 12.5. The first-order chi connectivity index (χ1) is 13.0. The maximum Gasteiger partial charge on any atom is 0.333 e. The molecule has 0 aromatic heterocycles. The predicted molar refractivity (Wildman–Crippen MR) is 110 cm³/mol. The first-order valence-electron chi connectivity index (χ1n) is 9.73. The van der Waals surface area contributed by atoms with E-state index in [1.165, 1.54) is 25.3 Å². The minimum absolute atomic E-state index is 0.0174. The van der Waals surface area contributed by atoms with Gasteiger partial charge in [-0.1, -0.05) is 6.92 Å². The van der Waals surface area contributed by atoms with E-state index in [1.54, 1.807) is 6.08 Å². The molecule has 3 rings (SSSR count). The van der Waals surface area contributed by atoms with Gasteiger partial charge >= 0.3 is 6.03 Å². The molecule has 1 aromatic rings. The zero-order valence-electron chi connectivity index (χ0n) is 17.8. The van der Waals surface area contributed by atoms with Gasteiger partial charge in [0.15, 0.2) is 0 Å². The molecule has 0 bridgehead atoms. The number of urea groups is 1. The molecule has 0 aliphatic carbocycles. The van der Waals surface area contributed by atoms with Gasteiger partial charge in [-0.15, -0.1) is 0 Å². The number of carbonyl (C=O) groups is 3. The van der Waals surface area contributed by atoms with Crippen molar-refractivity contribution in [3.63, 3.8) is 0 Å². The molecule has 2 aliphatic heterocycles. The lowest BCUT2D eigenvalue weighted by Gasteiger charge is -2.47. The molecule has 1 atom stereocenters. The molecule has 6 heteroatoms. The maximum atomic E-state index is 12.5. The molecular weight excluding hydrogens is 354 g/mol. The SMILES string of the molecule is CCN1c2cc(C)c(C=C3C(=O)N(C)C(=O)N(C)C3=O)cc2[C@H](C)CC1(C)C. The Balaban J connectivity index is 2.12. The van der Waals surface area contributed by atoms with Crippen molar-refractivity contribution < 1.29 is 14.4 Å². The number of nitrogens with zero attached hydrogens (tertiary/aromatic N) is 3. The van der Waals surface area contributed by atoms with Crippen LogP contribution >= 0.6 is 0 Å². The average Bonchev–Trinajstić information content (AvgIpc) is 2.62. The van der Waals surface area contributed by atoms with Gasteiger partial charge in [0.2, 0.25) is 0 Å². The van der Waals surface area contributed by atoms with Crippen molar-refractivity contribution in [3.8, 4) is 0 Å². The lowest BCUT2D eigenvalue weighted by molar-refractivity contribution is -0.134. The number of benzene rings is 1. The Hall–Kier alpha value is -2.63. The van der Waals surface area contributed by atoms with Crippen molar-refractivity contribution in [2.24, 2.45) is 0 Å². The Morgan fingerprint density at radius 1 is 1.11 bits per heavy atom. The number of aryl methyl sites for hydroxylation is 1. The summed E-state index contributed by atoms with van der Waals surface area (Å²) < 4.78 is 0. The lowest BCUT2D eigenvalue weighted by atomic mass is 9.79. The molecular formula is C22H29N3O3. The van der Waals surface area contributed by atoms with Crippen LogP contribution in [0.25, 0.3) is 6.08 Å². The summed E-state index contributed by atoms with van der Waals surface area (Å²) >= 11 is 0. The summed E-state index contributed by atoms with van der Waals surface area (Å²) in [5.74, 6) is -0.751. The van der Waals surface area contributed by atoms with Crippen LogP contribution in [0.3, 0.4) is 0 Å². The number of imide groups is 2. The number of hydrogen-bond donors (Lipinski definition) is 0. The van der Waals surface area contributed by atoms with Gasteiger partial charge in [-0.05, 0) is 74.9 Å². The van der Waals surface area contributed by atoms with Gasteiger partial charge in [0.05, 0.1) is 0 Å². The summed E-state index contributed by atoms with van der Waals surface area (Å²) in [6.07, 6.45) is 2.66. The fourth-order valence-corrected chi connectivity index (χ4v) is 4.54. The van der Waals surface area contributed by atoms with Crippen molar-refractivity contribution in [1.29, 1.82) is 0 Å². The van der Waals surface area contributed by atoms with Gasteiger partial charge in [0.25, 0.3) is 11.8 Å². The standard InChI is InChI=1S/C22H29N3O3/c1-8-25-18-9-13(2)15(10-16(18)14(3)12-22(25,4)5)11-17-19(26)23(6)21(28)24(7)20(17)27/h9-11,14H,8,12H2,1-7H3/t14-/m1/s1. The van der Waals surface area contributed by atoms with Crippen LogP contribution in [0.1, 0.15) is 56.7 Å². The van der Waals surface area contributed by atoms with Gasteiger partial charge in [-0.3, -0.25) is 19.4 Å². The van der Waals surface area contributed by atoms with Crippen molar-refractivity contribution in [2.75, 3.05) is 25.5 Å². The molecule has 2 heterocycles. The van der Waals surface area contributed by atoms with Crippen molar-refractivity contribution >= 4 is 29.6 Å². The molecule has 0 N–H and O–H groups in total. The average molecular weight is 383 g/mol. The van der Waals surface area contributed by atoms with Crippen LogP contribution in [0.4, 0.5) is 10.5 Å². The number of anilines is 1. The fraction of sp³-hybridized carbons (Fsp3) is 0.500. The molecule has 0 spiro atoms. The number of rotatable bonds is 2. The molecule has 1 fully saturated rings. The Labute approximate surface area is 166 Å². The number of carbonyl (C=O) groups excluding carboxylic acids is 3. The first-order valence-corrected chi connectivity index (χ1v) is 9.73. The Kier molecular flexibility index (Phi) is 4.86. The third-order valence-corrected chi connectivity index (χ3v) is 6.03. The van der Waals surface area contributed by atoms with E-state index in [0.29, 0.717) is 5.92 Å². The van der Waals surface area contributed by atoms with E-state index in [2.05, 4.69) is 44.7 Å². The molecule has 4 amide bonds. The predicted octanol–water partition coefficient (Wildman–Crippen LogP) is 3.54. The number of fused-ring (bicyclic) bond motifs is 1. The molecule has 0 unspecified atom stereocenters. The normalized spacial score (nSPS) is 22.0. The van der Waals surface area contributed by atoms with Gasteiger partial charge in [-0.2, -0.15) is 0 Å². The van der Waals surface area contributed by atoms with Crippen molar-refractivity contribution in [2.45, 2.75) is 52.5 Å². The zero-order chi connectivity index (χ0) is 21.0. The van der Waals surface area contributed by atoms with E-state index in [1.807, 2.05) is 6.92 Å². The third-order valence-electron chi connectivity index (χ3n) is 6.03.